The molecule has 1 aliphatic rings. The molecule has 5 rings (SSSR count). The van der Waals surface area contributed by atoms with E-state index in [0.29, 0.717) is 35.6 Å². The molecule has 1 atom stereocenters. The van der Waals surface area contributed by atoms with Crippen molar-refractivity contribution in [3.05, 3.63) is 48.1 Å². The second-order valence-corrected chi connectivity index (χ2v) is 17.5. The number of rotatable bonds is 10. The van der Waals surface area contributed by atoms with Gasteiger partial charge in [-0.3, -0.25) is 0 Å². The van der Waals surface area contributed by atoms with Crippen molar-refractivity contribution in [3.8, 4) is 23.0 Å². The van der Waals surface area contributed by atoms with Gasteiger partial charge < -0.3 is 33.6 Å². The number of aryl methyl sites for hydroxylation is 1. The van der Waals surface area contributed by atoms with Gasteiger partial charge >= 0.3 is 0 Å². The molecule has 2 N–H and O–H groups in total. The highest BCUT2D eigenvalue weighted by Crippen LogP contribution is 2.39. The van der Waals surface area contributed by atoms with Crippen molar-refractivity contribution in [3.63, 3.8) is 0 Å². The van der Waals surface area contributed by atoms with E-state index in [0.717, 1.165) is 18.2 Å². The summed E-state index contributed by atoms with van der Waals surface area (Å²) in [5, 5.41) is 20.7. The number of fused-ring (bicyclic) bond motifs is 1. The number of nitrogens with one attached hydrogen (secondary N) is 1. The van der Waals surface area contributed by atoms with Crippen LogP contribution in [-0.4, -0.2) is 65.3 Å². The molecule has 0 bridgehead atoms. The van der Waals surface area contributed by atoms with E-state index in [4.69, 9.17) is 18.6 Å². The van der Waals surface area contributed by atoms with E-state index in [1.165, 1.54) is 12.3 Å². The zero-order valence-corrected chi connectivity index (χ0v) is 25.2. The molecule has 4 aromatic rings. The van der Waals surface area contributed by atoms with E-state index < -0.39 is 30.9 Å². The molecule has 42 heavy (non-hydrogen) atoms. The minimum Gasteiger partial charge on any atom is -0.464 e. The van der Waals surface area contributed by atoms with Crippen LogP contribution < -0.4 is 10.1 Å². The van der Waals surface area contributed by atoms with Gasteiger partial charge in [0.05, 0.1) is 24.1 Å². The first-order valence-electron chi connectivity index (χ1n) is 13.5. The first-order valence-corrected chi connectivity index (χ1v) is 17.2. The fourth-order valence-electron chi connectivity index (χ4n) is 4.21. The lowest BCUT2D eigenvalue weighted by Crippen LogP contribution is -2.38. The molecule has 0 aliphatic carbocycles. The van der Waals surface area contributed by atoms with Crippen molar-refractivity contribution in [2.45, 2.75) is 46.3 Å². The maximum absolute atomic E-state index is 15.3. The Labute approximate surface area is 242 Å². The van der Waals surface area contributed by atoms with Gasteiger partial charge in [-0.05, 0) is 12.1 Å². The minimum absolute atomic E-state index is 0.0900. The van der Waals surface area contributed by atoms with Crippen molar-refractivity contribution in [2.75, 3.05) is 31.7 Å². The van der Waals surface area contributed by atoms with Gasteiger partial charge in [0.2, 0.25) is 11.8 Å². The number of amidine groups is 1. The molecule has 0 amide bonds. The van der Waals surface area contributed by atoms with E-state index in [-0.39, 0.29) is 43.3 Å². The van der Waals surface area contributed by atoms with E-state index in [2.05, 4.69) is 45.1 Å². The van der Waals surface area contributed by atoms with Crippen molar-refractivity contribution in [2.24, 2.45) is 10.4 Å². The van der Waals surface area contributed by atoms with E-state index in [1.54, 1.807) is 17.7 Å². The SMILES string of the molecule is Cc1nnc(-c2cn(COCC[Si](C)(C)C)c3nccc(Oc4c(F)cc(NC5=NC[C@](C)(CO)CO5)cc4F)c23)o1. The second kappa shape index (κ2) is 11.8. The summed E-state index contributed by atoms with van der Waals surface area (Å²) in [4.78, 5) is 8.71. The average Bonchev–Trinajstić information content (AvgIpc) is 3.53. The number of aliphatic hydroxyl groups is 1. The van der Waals surface area contributed by atoms with Crippen LogP contribution >= 0.6 is 0 Å². The van der Waals surface area contributed by atoms with Crippen LogP contribution in [0.25, 0.3) is 22.5 Å². The zero-order chi connectivity index (χ0) is 30.1. The van der Waals surface area contributed by atoms with Crippen molar-refractivity contribution < 1.29 is 32.5 Å². The Hall–Kier alpha value is -3.88. The van der Waals surface area contributed by atoms with Crippen LogP contribution in [0.2, 0.25) is 25.7 Å². The molecule has 1 aromatic carbocycles. The molecule has 11 nitrogen and oxygen atoms in total. The smallest absolute Gasteiger partial charge is 0.289 e. The van der Waals surface area contributed by atoms with Gasteiger partial charge in [-0.25, -0.2) is 18.8 Å². The molecule has 0 radical (unpaired) electrons. The third-order valence-corrected chi connectivity index (χ3v) is 8.41. The number of halogens is 2. The normalized spacial score (nSPS) is 17.3. The lowest BCUT2D eigenvalue weighted by molar-refractivity contribution is 0.0706. The summed E-state index contributed by atoms with van der Waals surface area (Å²) in [7, 11) is -1.28. The van der Waals surface area contributed by atoms with Gasteiger partial charge in [-0.15, -0.1) is 10.2 Å². The Kier molecular flexibility index (Phi) is 8.30. The number of hydrogen-bond acceptors (Lipinski definition) is 10. The standard InChI is InChI=1S/C28H34F2N6O5Si/c1-17-34-35-26(40-17)19-12-36(16-38-8-9-42(3,4)5)25-23(19)22(6-7-31-25)41-24-20(29)10-18(11-21(24)30)33-27-32-13-28(2,14-37)15-39-27/h6-7,10-12,37H,8-9,13-16H2,1-5H3,(H,32,33)/t28-/m1/s1. The molecule has 1 aliphatic heterocycles. The minimum atomic E-state index is -1.28. The molecule has 0 fully saturated rings. The van der Waals surface area contributed by atoms with Gasteiger partial charge in [0.15, 0.2) is 17.4 Å². The predicted molar refractivity (Wildman–Crippen MR) is 155 cm³/mol. The van der Waals surface area contributed by atoms with Crippen LogP contribution in [0, 0.1) is 24.0 Å². The van der Waals surface area contributed by atoms with Gasteiger partial charge in [0, 0.05) is 57.2 Å². The molecule has 4 heterocycles. The quantitative estimate of drug-likeness (QED) is 0.177. The maximum Gasteiger partial charge on any atom is 0.289 e. The van der Waals surface area contributed by atoms with E-state index in [1.807, 2.05) is 6.92 Å². The molecule has 3 aromatic heterocycles. The predicted octanol–water partition coefficient (Wildman–Crippen LogP) is 5.57. The number of hydrogen-bond donors (Lipinski definition) is 2. The monoisotopic (exact) mass is 600 g/mol. The van der Waals surface area contributed by atoms with E-state index >= 15 is 8.78 Å². The lowest BCUT2D eigenvalue weighted by atomic mass is 9.93. The topological polar surface area (TPSA) is 129 Å². The Morgan fingerprint density at radius 2 is 1.95 bits per heavy atom. The van der Waals surface area contributed by atoms with Crippen LogP contribution in [-0.2, 0) is 16.2 Å². The van der Waals surface area contributed by atoms with Crippen LogP contribution in [0.15, 0.2) is 40.0 Å². The molecule has 224 valence electrons. The van der Waals surface area contributed by atoms with Crippen LogP contribution in [0.1, 0.15) is 12.8 Å². The van der Waals surface area contributed by atoms with E-state index in [9.17, 15) is 5.11 Å². The van der Waals surface area contributed by atoms with Crippen molar-refractivity contribution in [1.29, 1.82) is 0 Å². The molecule has 0 unspecified atom stereocenters. The lowest BCUT2D eigenvalue weighted by Gasteiger charge is -2.30. The summed E-state index contributed by atoms with van der Waals surface area (Å²) >= 11 is 0. The third kappa shape index (κ3) is 6.61. The summed E-state index contributed by atoms with van der Waals surface area (Å²) in [6, 6.07) is 4.79. The molecule has 0 saturated heterocycles. The number of benzene rings is 1. The van der Waals surface area contributed by atoms with Crippen LogP contribution in [0.4, 0.5) is 14.5 Å². The van der Waals surface area contributed by atoms with Crippen LogP contribution in [0.3, 0.4) is 0 Å². The Morgan fingerprint density at radius 1 is 1.19 bits per heavy atom. The van der Waals surface area contributed by atoms with Crippen molar-refractivity contribution in [1.82, 2.24) is 19.7 Å². The van der Waals surface area contributed by atoms with Gasteiger partial charge in [0.25, 0.3) is 6.02 Å². The number of anilines is 1. The third-order valence-electron chi connectivity index (χ3n) is 6.71. The molecule has 0 saturated carbocycles. The molecule has 0 spiro atoms. The first-order chi connectivity index (χ1) is 19.9. The fourth-order valence-corrected chi connectivity index (χ4v) is 4.97. The Morgan fingerprint density at radius 3 is 2.57 bits per heavy atom. The number of aliphatic imine (C=N–C) groups is 1. The maximum atomic E-state index is 15.3. The highest BCUT2D eigenvalue weighted by Gasteiger charge is 2.29. The second-order valence-electron chi connectivity index (χ2n) is 11.9. The van der Waals surface area contributed by atoms with Gasteiger partial charge in [0.1, 0.15) is 24.7 Å². The highest BCUT2D eigenvalue weighted by molar-refractivity contribution is 6.76. The zero-order valence-electron chi connectivity index (χ0n) is 24.2. The molecular formula is C28H34F2N6O5Si. The van der Waals surface area contributed by atoms with Gasteiger partial charge in [-0.2, -0.15) is 0 Å². The Balaban J connectivity index is 1.44. The fraction of sp³-hybridized carbons (Fsp3) is 0.429. The summed E-state index contributed by atoms with van der Waals surface area (Å²) in [6.07, 6.45) is 3.24. The van der Waals surface area contributed by atoms with Gasteiger partial charge in [-0.1, -0.05) is 26.6 Å². The number of nitrogens with zero attached hydrogens (tertiary/aromatic N) is 5. The number of pyridine rings is 1. The molecular weight excluding hydrogens is 566 g/mol. The van der Waals surface area contributed by atoms with Crippen LogP contribution in [0.5, 0.6) is 11.5 Å². The number of ether oxygens (including phenoxy) is 3. The average molecular weight is 601 g/mol. The van der Waals surface area contributed by atoms with Crippen molar-refractivity contribution >= 4 is 30.8 Å². The summed E-state index contributed by atoms with van der Waals surface area (Å²) in [5.41, 5.74) is 0.538. The highest BCUT2D eigenvalue weighted by atomic mass is 28.3. The largest absolute Gasteiger partial charge is 0.464 e. The Bertz CT molecular complexity index is 1600. The first kappa shape index (κ1) is 29.6. The number of aliphatic hydroxyl groups excluding tert-OH is 1. The molecule has 14 heteroatoms. The number of aromatic nitrogens is 4. The summed E-state index contributed by atoms with van der Waals surface area (Å²) < 4.78 is 55.3. The summed E-state index contributed by atoms with van der Waals surface area (Å²) in [6.45, 7) is 11.5. The summed E-state index contributed by atoms with van der Waals surface area (Å²) in [5.74, 6) is -1.77.